The van der Waals surface area contributed by atoms with Gasteiger partial charge in [-0.2, -0.15) is 0 Å². The summed E-state index contributed by atoms with van der Waals surface area (Å²) in [4.78, 5) is 35.4. The van der Waals surface area contributed by atoms with E-state index in [2.05, 4.69) is 10.6 Å². The predicted octanol–water partition coefficient (Wildman–Crippen LogP) is 1.40. The summed E-state index contributed by atoms with van der Waals surface area (Å²) in [6, 6.07) is 6.64. The van der Waals surface area contributed by atoms with Crippen LogP contribution in [0.2, 0.25) is 0 Å². The van der Waals surface area contributed by atoms with E-state index < -0.39 is 11.5 Å². The molecule has 0 bridgehead atoms. The van der Waals surface area contributed by atoms with Crippen molar-refractivity contribution in [1.82, 2.24) is 5.32 Å². The van der Waals surface area contributed by atoms with Crippen LogP contribution in [-0.4, -0.2) is 41.6 Å². The second kappa shape index (κ2) is 6.60. The first kappa shape index (κ1) is 16.4. The molecule has 1 aliphatic heterocycles. The molecule has 2 fully saturated rings. The van der Waals surface area contributed by atoms with Gasteiger partial charge in [0, 0.05) is 23.8 Å². The third-order valence-electron chi connectivity index (χ3n) is 4.31. The number of nitrogens with one attached hydrogen (secondary N) is 2. The van der Waals surface area contributed by atoms with E-state index in [0.29, 0.717) is 24.3 Å². The molecule has 24 heavy (non-hydrogen) atoms. The number of benzene rings is 1. The lowest BCUT2D eigenvalue weighted by Crippen LogP contribution is -2.50. The van der Waals surface area contributed by atoms with E-state index in [1.54, 1.807) is 24.3 Å². The van der Waals surface area contributed by atoms with Crippen LogP contribution in [0.1, 0.15) is 36.0 Å². The van der Waals surface area contributed by atoms with Crippen molar-refractivity contribution in [2.75, 3.05) is 18.5 Å². The molecule has 1 unspecified atom stereocenters. The Kier molecular flexibility index (Phi) is 4.53. The van der Waals surface area contributed by atoms with Crippen molar-refractivity contribution in [3.8, 4) is 0 Å². The number of hydrogen-bond donors (Lipinski definition) is 3. The van der Waals surface area contributed by atoms with Gasteiger partial charge in [0.05, 0.1) is 18.6 Å². The minimum Gasteiger partial charge on any atom is -0.481 e. The highest BCUT2D eigenvalue weighted by Gasteiger charge is 2.38. The number of aliphatic carboxylic acids is 1. The molecular formula is C17H20N2O5. The molecule has 7 heteroatoms. The van der Waals surface area contributed by atoms with Gasteiger partial charge in [0.1, 0.15) is 0 Å². The van der Waals surface area contributed by atoms with Gasteiger partial charge in [-0.25, -0.2) is 0 Å². The fourth-order valence-electron chi connectivity index (χ4n) is 2.82. The lowest BCUT2D eigenvalue weighted by Gasteiger charge is -2.27. The largest absolute Gasteiger partial charge is 0.481 e. The molecule has 2 amide bonds. The molecule has 0 spiro atoms. The molecule has 0 aromatic heterocycles. The molecule has 1 aliphatic carbocycles. The van der Waals surface area contributed by atoms with Crippen molar-refractivity contribution in [2.45, 2.75) is 31.2 Å². The van der Waals surface area contributed by atoms with Crippen LogP contribution in [0.4, 0.5) is 5.69 Å². The molecule has 1 aromatic carbocycles. The molecule has 1 saturated carbocycles. The standard InChI is InChI=1S/C17H20N2O5/c20-14(21)9-17(6-7-24-10-17)19-16(23)12-2-1-3-13(8-12)18-15(22)11-4-5-11/h1-3,8,11H,4-7,9-10H2,(H,18,22)(H,19,23)(H,20,21). The average Bonchev–Trinajstić information content (AvgIpc) is 3.29. The normalized spacial score (nSPS) is 22.8. The van der Waals surface area contributed by atoms with Gasteiger partial charge in [-0.15, -0.1) is 0 Å². The van der Waals surface area contributed by atoms with Gasteiger partial charge in [0.2, 0.25) is 5.91 Å². The van der Waals surface area contributed by atoms with Gasteiger partial charge in [-0.1, -0.05) is 6.07 Å². The molecule has 1 atom stereocenters. The van der Waals surface area contributed by atoms with E-state index in [-0.39, 0.29) is 30.8 Å². The Morgan fingerprint density at radius 2 is 2.08 bits per heavy atom. The Labute approximate surface area is 139 Å². The third-order valence-corrected chi connectivity index (χ3v) is 4.31. The van der Waals surface area contributed by atoms with Gasteiger partial charge in [0.25, 0.3) is 5.91 Å². The molecule has 2 aliphatic rings. The third kappa shape index (κ3) is 3.91. The summed E-state index contributed by atoms with van der Waals surface area (Å²) in [6.07, 6.45) is 2.09. The summed E-state index contributed by atoms with van der Waals surface area (Å²) >= 11 is 0. The zero-order chi connectivity index (χ0) is 17.2. The fourth-order valence-corrected chi connectivity index (χ4v) is 2.82. The minimum absolute atomic E-state index is 0.0286. The first-order valence-corrected chi connectivity index (χ1v) is 8.00. The SMILES string of the molecule is O=C(O)CC1(NC(=O)c2cccc(NC(=O)C3CC3)c2)CCOC1. The molecule has 3 rings (SSSR count). The number of carboxylic acids is 1. The first-order chi connectivity index (χ1) is 11.5. The van der Waals surface area contributed by atoms with Gasteiger partial charge in [-0.3, -0.25) is 14.4 Å². The molecule has 1 aromatic rings. The second-order valence-corrected chi connectivity index (χ2v) is 6.45. The zero-order valence-electron chi connectivity index (χ0n) is 13.2. The Morgan fingerprint density at radius 1 is 1.29 bits per heavy atom. The molecule has 1 heterocycles. The number of carbonyl (C=O) groups excluding carboxylic acids is 2. The van der Waals surface area contributed by atoms with E-state index in [0.717, 1.165) is 12.8 Å². The van der Waals surface area contributed by atoms with Crippen LogP contribution in [0.5, 0.6) is 0 Å². The second-order valence-electron chi connectivity index (χ2n) is 6.45. The minimum atomic E-state index is -0.980. The highest BCUT2D eigenvalue weighted by molar-refractivity contribution is 5.98. The van der Waals surface area contributed by atoms with Crippen LogP contribution < -0.4 is 10.6 Å². The van der Waals surface area contributed by atoms with Crippen LogP contribution in [-0.2, 0) is 14.3 Å². The van der Waals surface area contributed by atoms with E-state index in [1.165, 1.54) is 0 Å². The van der Waals surface area contributed by atoms with Crippen LogP contribution in [0, 0.1) is 5.92 Å². The Hall–Kier alpha value is -2.41. The quantitative estimate of drug-likeness (QED) is 0.730. The van der Waals surface area contributed by atoms with Crippen molar-refractivity contribution in [3.05, 3.63) is 29.8 Å². The van der Waals surface area contributed by atoms with Crippen molar-refractivity contribution in [1.29, 1.82) is 0 Å². The Morgan fingerprint density at radius 3 is 2.71 bits per heavy atom. The lowest BCUT2D eigenvalue weighted by atomic mass is 9.93. The highest BCUT2D eigenvalue weighted by atomic mass is 16.5. The van der Waals surface area contributed by atoms with E-state index in [1.807, 2.05) is 0 Å². The van der Waals surface area contributed by atoms with E-state index >= 15 is 0 Å². The van der Waals surface area contributed by atoms with Gasteiger partial charge < -0.3 is 20.5 Å². The summed E-state index contributed by atoms with van der Waals surface area (Å²) in [5.74, 6) is -1.30. The smallest absolute Gasteiger partial charge is 0.305 e. The summed E-state index contributed by atoms with van der Waals surface area (Å²) in [6.45, 7) is 0.605. The summed E-state index contributed by atoms with van der Waals surface area (Å²) in [5, 5.41) is 14.7. The number of amides is 2. The average molecular weight is 332 g/mol. The lowest BCUT2D eigenvalue weighted by molar-refractivity contribution is -0.138. The van der Waals surface area contributed by atoms with Crippen molar-refractivity contribution >= 4 is 23.5 Å². The number of anilines is 1. The van der Waals surface area contributed by atoms with Crippen molar-refractivity contribution in [3.63, 3.8) is 0 Å². The highest BCUT2D eigenvalue weighted by Crippen LogP contribution is 2.30. The maximum absolute atomic E-state index is 12.5. The number of ether oxygens (including phenoxy) is 1. The summed E-state index contributed by atoms with van der Waals surface area (Å²) in [5.41, 5.74) is 0.0608. The number of rotatable bonds is 6. The number of carboxylic acid groups (broad SMARTS) is 1. The van der Waals surface area contributed by atoms with Crippen LogP contribution in [0.25, 0.3) is 0 Å². The van der Waals surface area contributed by atoms with E-state index in [4.69, 9.17) is 9.84 Å². The van der Waals surface area contributed by atoms with Crippen molar-refractivity contribution in [2.24, 2.45) is 5.92 Å². The maximum atomic E-state index is 12.5. The summed E-state index contributed by atoms with van der Waals surface area (Å²) < 4.78 is 5.27. The van der Waals surface area contributed by atoms with E-state index in [9.17, 15) is 14.4 Å². The van der Waals surface area contributed by atoms with Gasteiger partial charge >= 0.3 is 5.97 Å². The van der Waals surface area contributed by atoms with Gasteiger partial charge in [-0.05, 0) is 37.5 Å². The topological polar surface area (TPSA) is 105 Å². The molecule has 128 valence electrons. The maximum Gasteiger partial charge on any atom is 0.305 e. The molecule has 3 N–H and O–H groups in total. The van der Waals surface area contributed by atoms with Gasteiger partial charge in [0.15, 0.2) is 0 Å². The Balaban J connectivity index is 1.69. The predicted molar refractivity (Wildman–Crippen MR) is 85.7 cm³/mol. The van der Waals surface area contributed by atoms with Crippen molar-refractivity contribution < 1.29 is 24.2 Å². The molecule has 1 saturated heterocycles. The molecule has 0 radical (unpaired) electrons. The van der Waals surface area contributed by atoms with Crippen LogP contribution in [0.3, 0.4) is 0 Å². The molecule has 7 nitrogen and oxygen atoms in total. The fraction of sp³-hybridized carbons (Fsp3) is 0.471. The van der Waals surface area contributed by atoms with Crippen LogP contribution >= 0.6 is 0 Å². The Bertz CT molecular complexity index is 663. The number of hydrogen-bond acceptors (Lipinski definition) is 4. The van der Waals surface area contributed by atoms with Crippen LogP contribution in [0.15, 0.2) is 24.3 Å². The number of carbonyl (C=O) groups is 3. The monoisotopic (exact) mass is 332 g/mol. The molecular weight excluding hydrogens is 312 g/mol. The zero-order valence-corrected chi connectivity index (χ0v) is 13.2. The first-order valence-electron chi connectivity index (χ1n) is 8.00. The summed E-state index contributed by atoms with van der Waals surface area (Å²) in [7, 11) is 0.